The van der Waals surface area contributed by atoms with Crippen molar-refractivity contribution in [3.8, 4) is 11.1 Å². The average Bonchev–Trinajstić information content (AvgIpc) is 2.22. The van der Waals surface area contributed by atoms with Crippen LogP contribution < -0.4 is 5.56 Å². The van der Waals surface area contributed by atoms with E-state index in [0.29, 0.717) is 15.6 Å². The SMILES string of the molecule is Cc1ccc(-c2ccc(Cl)c(Cl)c2)c(=O)[nH]1. The summed E-state index contributed by atoms with van der Waals surface area (Å²) in [7, 11) is 0. The summed E-state index contributed by atoms with van der Waals surface area (Å²) in [6.45, 7) is 1.83. The molecule has 0 unspecified atom stereocenters. The lowest BCUT2D eigenvalue weighted by Gasteiger charge is -2.03. The number of rotatable bonds is 1. The van der Waals surface area contributed by atoms with E-state index in [-0.39, 0.29) is 5.56 Å². The van der Waals surface area contributed by atoms with Crippen LogP contribution in [-0.2, 0) is 0 Å². The highest BCUT2D eigenvalue weighted by Gasteiger charge is 2.05. The average molecular weight is 254 g/mol. The first kappa shape index (κ1) is 11.2. The Hall–Kier alpha value is -1.25. The zero-order valence-corrected chi connectivity index (χ0v) is 10.1. The number of aromatic amines is 1. The summed E-state index contributed by atoms with van der Waals surface area (Å²) in [6.07, 6.45) is 0. The van der Waals surface area contributed by atoms with Crippen LogP contribution in [0.1, 0.15) is 5.69 Å². The quantitative estimate of drug-likeness (QED) is 0.827. The molecule has 0 amide bonds. The number of H-pyrrole nitrogens is 1. The third-order valence-corrected chi connectivity index (χ3v) is 3.02. The fraction of sp³-hybridized carbons (Fsp3) is 0.0833. The van der Waals surface area contributed by atoms with Crippen molar-refractivity contribution in [1.82, 2.24) is 4.98 Å². The Bertz CT molecular complexity index is 590. The van der Waals surface area contributed by atoms with E-state index in [0.717, 1.165) is 11.3 Å². The van der Waals surface area contributed by atoms with Crippen LogP contribution in [0.5, 0.6) is 0 Å². The third-order valence-electron chi connectivity index (χ3n) is 2.29. The first-order chi connectivity index (χ1) is 7.58. The Labute approximate surface area is 103 Å². The zero-order chi connectivity index (χ0) is 11.7. The molecule has 4 heteroatoms. The number of hydrogen-bond donors (Lipinski definition) is 1. The second-order valence-corrected chi connectivity index (χ2v) is 4.33. The van der Waals surface area contributed by atoms with Crippen LogP contribution in [0.2, 0.25) is 10.0 Å². The Morgan fingerprint density at radius 3 is 2.44 bits per heavy atom. The third kappa shape index (κ3) is 2.13. The minimum Gasteiger partial charge on any atom is -0.326 e. The van der Waals surface area contributed by atoms with Gasteiger partial charge in [-0.05, 0) is 36.8 Å². The molecule has 0 saturated carbocycles. The molecule has 0 aliphatic carbocycles. The zero-order valence-electron chi connectivity index (χ0n) is 8.55. The van der Waals surface area contributed by atoms with Crippen molar-refractivity contribution in [2.45, 2.75) is 6.92 Å². The highest BCUT2D eigenvalue weighted by Crippen LogP contribution is 2.26. The summed E-state index contributed by atoms with van der Waals surface area (Å²) >= 11 is 11.7. The van der Waals surface area contributed by atoms with Crippen LogP contribution in [0.25, 0.3) is 11.1 Å². The minimum atomic E-state index is -0.126. The molecule has 2 nitrogen and oxygen atoms in total. The summed E-state index contributed by atoms with van der Waals surface area (Å²) in [5, 5.41) is 0.924. The molecule has 1 N–H and O–H groups in total. The Morgan fingerprint density at radius 2 is 1.81 bits per heavy atom. The van der Waals surface area contributed by atoms with Gasteiger partial charge in [0.1, 0.15) is 0 Å². The van der Waals surface area contributed by atoms with Gasteiger partial charge in [-0.1, -0.05) is 29.3 Å². The van der Waals surface area contributed by atoms with Crippen LogP contribution in [0, 0.1) is 6.92 Å². The Kier molecular flexibility index (Phi) is 3.03. The number of pyridine rings is 1. The van der Waals surface area contributed by atoms with Crippen molar-refractivity contribution >= 4 is 23.2 Å². The number of nitrogens with one attached hydrogen (secondary N) is 1. The number of aryl methyl sites for hydroxylation is 1. The van der Waals surface area contributed by atoms with Crippen LogP contribution in [0.3, 0.4) is 0 Å². The lowest BCUT2D eigenvalue weighted by atomic mass is 10.1. The van der Waals surface area contributed by atoms with E-state index in [2.05, 4.69) is 4.98 Å². The van der Waals surface area contributed by atoms with Gasteiger partial charge in [0, 0.05) is 11.3 Å². The normalized spacial score (nSPS) is 10.4. The van der Waals surface area contributed by atoms with Crippen LogP contribution in [0.4, 0.5) is 0 Å². The topological polar surface area (TPSA) is 32.9 Å². The van der Waals surface area contributed by atoms with E-state index < -0.39 is 0 Å². The molecule has 2 aromatic rings. The van der Waals surface area contributed by atoms with Crippen LogP contribution >= 0.6 is 23.2 Å². The fourth-order valence-electron chi connectivity index (χ4n) is 1.46. The van der Waals surface area contributed by atoms with Gasteiger partial charge in [0.25, 0.3) is 5.56 Å². The maximum atomic E-state index is 11.7. The molecule has 1 aromatic carbocycles. The van der Waals surface area contributed by atoms with Crippen molar-refractivity contribution in [3.63, 3.8) is 0 Å². The monoisotopic (exact) mass is 253 g/mol. The van der Waals surface area contributed by atoms with Gasteiger partial charge < -0.3 is 4.98 Å². The standard InChI is InChI=1S/C12H9Cl2NO/c1-7-2-4-9(12(16)15-7)8-3-5-10(13)11(14)6-8/h2-6H,1H3,(H,15,16). The Morgan fingerprint density at radius 1 is 1.06 bits per heavy atom. The van der Waals surface area contributed by atoms with Gasteiger partial charge in [0.15, 0.2) is 0 Å². The second kappa shape index (κ2) is 4.32. The maximum Gasteiger partial charge on any atom is 0.256 e. The van der Waals surface area contributed by atoms with Crippen molar-refractivity contribution in [3.05, 3.63) is 56.4 Å². The maximum absolute atomic E-state index is 11.7. The van der Waals surface area contributed by atoms with E-state index in [9.17, 15) is 4.79 Å². The number of benzene rings is 1. The van der Waals surface area contributed by atoms with Gasteiger partial charge in [-0.3, -0.25) is 4.79 Å². The number of halogens is 2. The van der Waals surface area contributed by atoms with E-state index >= 15 is 0 Å². The Balaban J connectivity index is 2.59. The molecule has 0 fully saturated rings. The molecule has 1 aromatic heterocycles. The minimum absolute atomic E-state index is 0.126. The predicted octanol–water partition coefficient (Wildman–Crippen LogP) is 3.66. The summed E-state index contributed by atoms with van der Waals surface area (Å²) in [6, 6.07) is 8.75. The summed E-state index contributed by atoms with van der Waals surface area (Å²) in [4.78, 5) is 14.4. The lowest BCUT2D eigenvalue weighted by Crippen LogP contribution is -2.09. The van der Waals surface area contributed by atoms with Gasteiger partial charge in [0.05, 0.1) is 10.0 Å². The second-order valence-electron chi connectivity index (χ2n) is 3.51. The smallest absolute Gasteiger partial charge is 0.256 e. The number of hydrogen-bond acceptors (Lipinski definition) is 1. The first-order valence-electron chi connectivity index (χ1n) is 4.73. The lowest BCUT2D eigenvalue weighted by molar-refractivity contribution is 1.15. The largest absolute Gasteiger partial charge is 0.326 e. The summed E-state index contributed by atoms with van der Waals surface area (Å²) < 4.78 is 0. The molecule has 82 valence electrons. The molecule has 2 rings (SSSR count). The van der Waals surface area contributed by atoms with E-state index in [1.807, 2.05) is 13.0 Å². The van der Waals surface area contributed by atoms with Crippen molar-refractivity contribution in [2.24, 2.45) is 0 Å². The molecule has 0 bridgehead atoms. The van der Waals surface area contributed by atoms with Gasteiger partial charge in [-0.25, -0.2) is 0 Å². The molecule has 0 saturated heterocycles. The molecular weight excluding hydrogens is 245 g/mol. The molecule has 0 aliphatic heterocycles. The van der Waals surface area contributed by atoms with E-state index in [1.165, 1.54) is 0 Å². The molecule has 1 heterocycles. The van der Waals surface area contributed by atoms with Gasteiger partial charge in [0.2, 0.25) is 0 Å². The summed E-state index contributed by atoms with van der Waals surface area (Å²) in [5.74, 6) is 0. The van der Waals surface area contributed by atoms with E-state index in [1.54, 1.807) is 24.3 Å². The molecule has 0 spiro atoms. The van der Waals surface area contributed by atoms with Crippen LogP contribution in [0.15, 0.2) is 35.1 Å². The first-order valence-corrected chi connectivity index (χ1v) is 5.49. The van der Waals surface area contributed by atoms with Gasteiger partial charge >= 0.3 is 0 Å². The van der Waals surface area contributed by atoms with Crippen molar-refractivity contribution in [2.75, 3.05) is 0 Å². The van der Waals surface area contributed by atoms with E-state index in [4.69, 9.17) is 23.2 Å². The van der Waals surface area contributed by atoms with Gasteiger partial charge in [-0.2, -0.15) is 0 Å². The number of aromatic nitrogens is 1. The molecule has 0 aliphatic rings. The predicted molar refractivity (Wildman–Crippen MR) is 67.3 cm³/mol. The van der Waals surface area contributed by atoms with Crippen molar-refractivity contribution in [1.29, 1.82) is 0 Å². The van der Waals surface area contributed by atoms with Gasteiger partial charge in [-0.15, -0.1) is 0 Å². The molecular formula is C12H9Cl2NO. The molecule has 16 heavy (non-hydrogen) atoms. The van der Waals surface area contributed by atoms with Crippen LogP contribution in [-0.4, -0.2) is 4.98 Å². The highest BCUT2D eigenvalue weighted by atomic mass is 35.5. The molecule has 0 atom stereocenters. The van der Waals surface area contributed by atoms with Crippen molar-refractivity contribution < 1.29 is 0 Å². The highest BCUT2D eigenvalue weighted by molar-refractivity contribution is 6.42. The fourth-order valence-corrected chi connectivity index (χ4v) is 1.76. The summed E-state index contributed by atoms with van der Waals surface area (Å²) in [5.41, 5.74) is 2.05. The molecule has 0 radical (unpaired) electrons.